The smallest absolute Gasteiger partial charge is 0.0121 e. The molecule has 0 atom stereocenters. The molecule has 3 rings (SSSR count). The normalized spacial score (nSPS) is 30.8. The van der Waals surface area contributed by atoms with Crippen molar-refractivity contribution in [3.63, 3.8) is 0 Å². The van der Waals surface area contributed by atoms with Gasteiger partial charge in [-0.15, -0.1) is 0 Å². The first-order chi connectivity index (χ1) is 9.33. The van der Waals surface area contributed by atoms with Crippen LogP contribution in [0.5, 0.6) is 0 Å². The highest BCUT2D eigenvalue weighted by Gasteiger charge is 2.29. The second-order valence-corrected chi connectivity index (χ2v) is 6.90. The summed E-state index contributed by atoms with van der Waals surface area (Å²) in [4.78, 5) is 8.06. The number of piperazine rings is 1. The fraction of sp³-hybridized carbons (Fsp3) is 1.00. The van der Waals surface area contributed by atoms with Crippen LogP contribution < -0.4 is 0 Å². The number of hydrogen-bond acceptors (Lipinski definition) is 3. The Bertz CT molecular complexity index is 259. The molecule has 0 bridgehead atoms. The summed E-state index contributed by atoms with van der Waals surface area (Å²) in [5.74, 6) is 0. The van der Waals surface area contributed by atoms with Crippen LogP contribution >= 0.6 is 0 Å². The number of rotatable bonds is 2. The van der Waals surface area contributed by atoms with E-state index in [0.29, 0.717) is 0 Å². The molecule has 2 saturated heterocycles. The number of nitrogens with zero attached hydrogens (tertiary/aromatic N) is 3. The molecule has 0 aromatic heterocycles. The molecule has 0 amide bonds. The van der Waals surface area contributed by atoms with Crippen LogP contribution in [0.2, 0.25) is 0 Å². The molecule has 19 heavy (non-hydrogen) atoms. The topological polar surface area (TPSA) is 9.72 Å². The van der Waals surface area contributed by atoms with E-state index in [1.54, 1.807) is 0 Å². The van der Waals surface area contributed by atoms with E-state index in [2.05, 4.69) is 21.7 Å². The van der Waals surface area contributed by atoms with Crippen molar-refractivity contribution in [3.05, 3.63) is 0 Å². The largest absolute Gasteiger partial charge is 0.306 e. The molecule has 110 valence electrons. The molecule has 0 aromatic carbocycles. The molecular weight excluding hydrogens is 234 g/mol. The zero-order valence-electron chi connectivity index (χ0n) is 12.7. The molecule has 3 aliphatic rings. The summed E-state index contributed by atoms with van der Waals surface area (Å²) in [6.45, 7) is 7.91. The third kappa shape index (κ3) is 3.50. The van der Waals surface area contributed by atoms with Crippen molar-refractivity contribution in [1.82, 2.24) is 14.7 Å². The van der Waals surface area contributed by atoms with Gasteiger partial charge in [0.15, 0.2) is 0 Å². The minimum atomic E-state index is 0.879. The summed E-state index contributed by atoms with van der Waals surface area (Å²) in [7, 11) is 2.26. The van der Waals surface area contributed by atoms with Gasteiger partial charge in [0.25, 0.3) is 0 Å². The van der Waals surface area contributed by atoms with E-state index in [0.717, 1.165) is 12.1 Å². The molecular formula is C16H31N3. The summed E-state index contributed by atoms with van der Waals surface area (Å²) in [6.07, 6.45) is 10.1. The van der Waals surface area contributed by atoms with Crippen LogP contribution in [0.3, 0.4) is 0 Å². The Balaban J connectivity index is 1.44. The molecule has 1 saturated carbocycles. The quantitative estimate of drug-likeness (QED) is 0.756. The van der Waals surface area contributed by atoms with Crippen molar-refractivity contribution in [3.8, 4) is 0 Å². The zero-order chi connectivity index (χ0) is 13.1. The summed E-state index contributed by atoms with van der Waals surface area (Å²) in [5.41, 5.74) is 0. The Morgan fingerprint density at radius 3 is 1.58 bits per heavy atom. The van der Waals surface area contributed by atoms with Gasteiger partial charge >= 0.3 is 0 Å². The summed E-state index contributed by atoms with van der Waals surface area (Å²) < 4.78 is 0. The molecule has 0 N–H and O–H groups in total. The standard InChI is InChI=1S/C16H31N3/c1-17-9-7-16(8-10-17)19-13-11-18(12-14-19)15-5-3-2-4-6-15/h15-16H,2-14H2,1H3. The lowest BCUT2D eigenvalue weighted by atomic mass is 9.93. The average Bonchev–Trinajstić information content (AvgIpc) is 2.49. The highest BCUT2D eigenvalue weighted by molar-refractivity contribution is 4.85. The van der Waals surface area contributed by atoms with Crippen molar-refractivity contribution in [2.45, 2.75) is 57.0 Å². The maximum atomic E-state index is 2.80. The van der Waals surface area contributed by atoms with E-state index in [4.69, 9.17) is 0 Å². The lowest BCUT2D eigenvalue weighted by Gasteiger charge is -2.45. The lowest BCUT2D eigenvalue weighted by molar-refractivity contribution is 0.0379. The van der Waals surface area contributed by atoms with E-state index >= 15 is 0 Å². The van der Waals surface area contributed by atoms with Gasteiger partial charge in [0, 0.05) is 38.3 Å². The predicted molar refractivity (Wildman–Crippen MR) is 80.5 cm³/mol. The maximum Gasteiger partial charge on any atom is 0.0121 e. The van der Waals surface area contributed by atoms with Gasteiger partial charge in [-0.05, 0) is 45.8 Å². The fourth-order valence-electron chi connectivity index (χ4n) is 4.27. The van der Waals surface area contributed by atoms with Crippen molar-refractivity contribution < 1.29 is 0 Å². The average molecular weight is 265 g/mol. The highest BCUT2D eigenvalue weighted by Crippen LogP contribution is 2.25. The Labute approximate surface area is 118 Å². The lowest BCUT2D eigenvalue weighted by Crippen LogP contribution is -2.55. The molecule has 3 heteroatoms. The van der Waals surface area contributed by atoms with Gasteiger partial charge in [0.2, 0.25) is 0 Å². The van der Waals surface area contributed by atoms with Gasteiger partial charge in [-0.25, -0.2) is 0 Å². The van der Waals surface area contributed by atoms with Crippen molar-refractivity contribution in [1.29, 1.82) is 0 Å². The molecule has 3 nitrogen and oxygen atoms in total. The Morgan fingerprint density at radius 2 is 1.05 bits per heavy atom. The van der Waals surface area contributed by atoms with Crippen molar-refractivity contribution >= 4 is 0 Å². The molecule has 0 aromatic rings. The molecule has 0 radical (unpaired) electrons. The summed E-state index contributed by atoms with van der Waals surface area (Å²) in [6, 6.07) is 1.80. The third-order valence-electron chi connectivity index (χ3n) is 5.64. The Hall–Kier alpha value is -0.120. The SMILES string of the molecule is CN1CCC(N2CCN(C3CCCCC3)CC2)CC1. The highest BCUT2D eigenvalue weighted by atomic mass is 15.3. The molecule has 2 aliphatic heterocycles. The van der Waals surface area contributed by atoms with Crippen molar-refractivity contribution in [2.24, 2.45) is 0 Å². The van der Waals surface area contributed by atoms with Gasteiger partial charge in [-0.2, -0.15) is 0 Å². The van der Waals surface area contributed by atoms with E-state index in [9.17, 15) is 0 Å². The van der Waals surface area contributed by atoms with Crippen LogP contribution in [0.4, 0.5) is 0 Å². The number of piperidine rings is 1. The molecule has 1 aliphatic carbocycles. The molecule has 2 heterocycles. The van der Waals surface area contributed by atoms with Gasteiger partial charge < -0.3 is 4.90 Å². The number of hydrogen-bond donors (Lipinski definition) is 0. The van der Waals surface area contributed by atoms with Gasteiger partial charge in [0.1, 0.15) is 0 Å². The van der Waals surface area contributed by atoms with Crippen LogP contribution in [0.25, 0.3) is 0 Å². The minimum absolute atomic E-state index is 0.879. The number of likely N-dealkylation sites (tertiary alicyclic amines) is 1. The Morgan fingerprint density at radius 1 is 0.579 bits per heavy atom. The second kappa shape index (κ2) is 6.55. The van der Waals surface area contributed by atoms with Crippen LogP contribution in [0, 0.1) is 0 Å². The second-order valence-electron chi connectivity index (χ2n) is 6.90. The maximum absolute atomic E-state index is 2.80. The molecule has 0 spiro atoms. The summed E-state index contributed by atoms with van der Waals surface area (Å²) in [5, 5.41) is 0. The van der Waals surface area contributed by atoms with E-state index in [1.165, 1.54) is 84.2 Å². The van der Waals surface area contributed by atoms with Gasteiger partial charge in [0.05, 0.1) is 0 Å². The fourth-order valence-corrected chi connectivity index (χ4v) is 4.27. The van der Waals surface area contributed by atoms with Crippen LogP contribution in [-0.2, 0) is 0 Å². The minimum Gasteiger partial charge on any atom is -0.306 e. The predicted octanol–water partition coefficient (Wildman–Crippen LogP) is 2.03. The van der Waals surface area contributed by atoms with Crippen LogP contribution in [-0.4, -0.2) is 73.1 Å². The third-order valence-corrected chi connectivity index (χ3v) is 5.64. The van der Waals surface area contributed by atoms with Crippen molar-refractivity contribution in [2.75, 3.05) is 46.3 Å². The Kier molecular flexibility index (Phi) is 4.78. The zero-order valence-corrected chi connectivity index (χ0v) is 12.7. The van der Waals surface area contributed by atoms with E-state index < -0.39 is 0 Å². The van der Waals surface area contributed by atoms with E-state index in [1.807, 2.05) is 0 Å². The van der Waals surface area contributed by atoms with Gasteiger partial charge in [-0.3, -0.25) is 9.80 Å². The van der Waals surface area contributed by atoms with Crippen LogP contribution in [0.1, 0.15) is 44.9 Å². The van der Waals surface area contributed by atoms with Gasteiger partial charge in [-0.1, -0.05) is 19.3 Å². The monoisotopic (exact) mass is 265 g/mol. The van der Waals surface area contributed by atoms with Crippen LogP contribution in [0.15, 0.2) is 0 Å². The first-order valence-electron chi connectivity index (χ1n) is 8.49. The van der Waals surface area contributed by atoms with E-state index in [-0.39, 0.29) is 0 Å². The first kappa shape index (κ1) is 13.8. The molecule has 3 fully saturated rings. The first-order valence-corrected chi connectivity index (χ1v) is 8.49. The molecule has 0 unspecified atom stereocenters. The summed E-state index contributed by atoms with van der Waals surface area (Å²) >= 11 is 0.